The number of phenolic OH excluding ortho intramolecular Hbond substituents is 1. The minimum Gasteiger partial charge on any atom is -0.508 e. The molecule has 0 aliphatic carbocycles. The van der Waals surface area contributed by atoms with Gasteiger partial charge in [0.1, 0.15) is 5.75 Å². The second kappa shape index (κ2) is 5.80. The second-order valence-corrected chi connectivity index (χ2v) is 5.73. The van der Waals surface area contributed by atoms with Crippen molar-refractivity contribution >= 4 is 39.9 Å². The molecule has 2 nitrogen and oxygen atoms in total. The fraction of sp³-hybridized carbons (Fsp3) is 0.143. The van der Waals surface area contributed by atoms with Gasteiger partial charge in [-0.3, -0.25) is 0 Å². The highest BCUT2D eigenvalue weighted by atomic mass is 127. The molecule has 4 heteroatoms. The summed E-state index contributed by atoms with van der Waals surface area (Å²) < 4.78 is 1.11. The van der Waals surface area contributed by atoms with Gasteiger partial charge < -0.3 is 10.4 Å². The maximum atomic E-state index is 9.26. The zero-order valence-corrected chi connectivity index (χ0v) is 12.7. The van der Waals surface area contributed by atoms with Crippen molar-refractivity contribution in [1.82, 2.24) is 0 Å². The third-order valence-electron chi connectivity index (χ3n) is 2.70. The highest BCUT2D eigenvalue weighted by Gasteiger charge is 2.07. The van der Waals surface area contributed by atoms with Crippen LogP contribution in [0, 0.1) is 3.57 Å². The van der Waals surface area contributed by atoms with E-state index in [0.717, 1.165) is 14.8 Å². The molecule has 18 heavy (non-hydrogen) atoms. The normalized spacial score (nSPS) is 12.2. The summed E-state index contributed by atoms with van der Waals surface area (Å²) in [6, 6.07) is 13.2. The molecule has 1 atom stereocenters. The van der Waals surface area contributed by atoms with Crippen molar-refractivity contribution in [3.05, 3.63) is 56.6 Å². The molecule has 0 bridgehead atoms. The summed E-state index contributed by atoms with van der Waals surface area (Å²) in [5.41, 5.74) is 2.01. The number of aromatic hydroxyl groups is 1. The van der Waals surface area contributed by atoms with E-state index in [1.54, 1.807) is 12.1 Å². The van der Waals surface area contributed by atoms with Crippen LogP contribution in [0.2, 0.25) is 5.02 Å². The third kappa shape index (κ3) is 3.29. The number of anilines is 1. The summed E-state index contributed by atoms with van der Waals surface area (Å²) in [6.07, 6.45) is 0. The minimum atomic E-state index is 0.128. The predicted octanol–water partition coefficient (Wildman–Crippen LogP) is 4.82. The monoisotopic (exact) mass is 373 g/mol. The van der Waals surface area contributed by atoms with E-state index in [4.69, 9.17) is 11.6 Å². The number of hydrogen-bond donors (Lipinski definition) is 2. The first-order valence-corrected chi connectivity index (χ1v) is 7.02. The summed E-state index contributed by atoms with van der Waals surface area (Å²) in [7, 11) is 0. The molecule has 0 aliphatic rings. The molecule has 2 aromatic rings. The Kier molecular flexibility index (Phi) is 4.35. The van der Waals surface area contributed by atoms with E-state index in [1.807, 2.05) is 30.3 Å². The van der Waals surface area contributed by atoms with E-state index in [1.165, 1.54) is 0 Å². The molecule has 2 aromatic carbocycles. The zero-order valence-electron chi connectivity index (χ0n) is 9.82. The van der Waals surface area contributed by atoms with E-state index >= 15 is 0 Å². The molecule has 2 rings (SSSR count). The van der Waals surface area contributed by atoms with Crippen molar-refractivity contribution in [1.29, 1.82) is 0 Å². The van der Waals surface area contributed by atoms with Crippen molar-refractivity contribution in [2.45, 2.75) is 13.0 Å². The van der Waals surface area contributed by atoms with Gasteiger partial charge in [0, 0.05) is 9.61 Å². The summed E-state index contributed by atoms with van der Waals surface area (Å²) in [4.78, 5) is 0. The molecule has 94 valence electrons. The summed E-state index contributed by atoms with van der Waals surface area (Å²) in [6.45, 7) is 2.06. The Labute approximate surface area is 125 Å². The van der Waals surface area contributed by atoms with Crippen LogP contribution in [0.15, 0.2) is 42.5 Å². The Morgan fingerprint density at radius 2 is 1.83 bits per heavy atom. The van der Waals surface area contributed by atoms with E-state index in [0.29, 0.717) is 5.02 Å². The van der Waals surface area contributed by atoms with Gasteiger partial charge in [0.2, 0.25) is 0 Å². The van der Waals surface area contributed by atoms with E-state index in [-0.39, 0.29) is 11.8 Å². The van der Waals surface area contributed by atoms with Crippen molar-refractivity contribution in [2.24, 2.45) is 0 Å². The van der Waals surface area contributed by atoms with Crippen molar-refractivity contribution in [3.63, 3.8) is 0 Å². The van der Waals surface area contributed by atoms with Gasteiger partial charge in [-0.1, -0.05) is 23.7 Å². The molecule has 1 unspecified atom stereocenters. The van der Waals surface area contributed by atoms with Crippen LogP contribution in [0.3, 0.4) is 0 Å². The maximum Gasteiger partial charge on any atom is 0.115 e. The van der Waals surface area contributed by atoms with Gasteiger partial charge in [0.15, 0.2) is 0 Å². The minimum absolute atomic E-state index is 0.128. The SMILES string of the molecule is CC(Nc1ccc(I)cc1Cl)c1ccc(O)cc1. The Bertz CT molecular complexity index is 542. The maximum absolute atomic E-state index is 9.26. The number of rotatable bonds is 3. The van der Waals surface area contributed by atoms with Gasteiger partial charge in [-0.25, -0.2) is 0 Å². The zero-order chi connectivity index (χ0) is 13.1. The fourth-order valence-corrected chi connectivity index (χ4v) is 2.60. The molecule has 0 aliphatic heterocycles. The lowest BCUT2D eigenvalue weighted by Crippen LogP contribution is -2.06. The molecule has 0 spiro atoms. The van der Waals surface area contributed by atoms with Crippen molar-refractivity contribution in [2.75, 3.05) is 5.32 Å². The standard InChI is InChI=1S/C14H13ClINO/c1-9(10-2-5-12(18)6-3-10)17-14-7-4-11(16)8-13(14)15/h2-9,17-18H,1H3. The van der Waals surface area contributed by atoms with E-state index in [2.05, 4.69) is 34.8 Å². The summed E-state index contributed by atoms with van der Waals surface area (Å²) >= 11 is 8.41. The molecule has 0 saturated carbocycles. The Morgan fingerprint density at radius 1 is 1.17 bits per heavy atom. The lowest BCUT2D eigenvalue weighted by Gasteiger charge is -2.17. The fourth-order valence-electron chi connectivity index (χ4n) is 1.69. The number of phenols is 1. The summed E-state index contributed by atoms with van der Waals surface area (Å²) in [5.74, 6) is 0.276. The van der Waals surface area contributed by atoms with Crippen LogP contribution >= 0.6 is 34.2 Å². The molecule has 0 amide bonds. The van der Waals surface area contributed by atoms with Crippen molar-refractivity contribution in [3.8, 4) is 5.75 Å². The highest BCUT2D eigenvalue weighted by molar-refractivity contribution is 14.1. The number of benzene rings is 2. The molecular weight excluding hydrogens is 361 g/mol. The van der Waals surface area contributed by atoms with Crippen LogP contribution in [0.4, 0.5) is 5.69 Å². The average Bonchev–Trinajstić information content (AvgIpc) is 2.33. The van der Waals surface area contributed by atoms with Crippen LogP contribution in [0.5, 0.6) is 5.75 Å². The molecule has 0 aromatic heterocycles. The van der Waals surface area contributed by atoms with Gasteiger partial charge in [-0.15, -0.1) is 0 Å². The third-order valence-corrected chi connectivity index (χ3v) is 3.68. The smallest absolute Gasteiger partial charge is 0.115 e. The van der Waals surface area contributed by atoms with Crippen LogP contribution in [0.1, 0.15) is 18.5 Å². The quantitative estimate of drug-likeness (QED) is 0.756. The lowest BCUT2D eigenvalue weighted by molar-refractivity contribution is 0.475. The van der Waals surface area contributed by atoms with E-state index < -0.39 is 0 Å². The van der Waals surface area contributed by atoms with Gasteiger partial charge >= 0.3 is 0 Å². The van der Waals surface area contributed by atoms with Crippen LogP contribution in [-0.4, -0.2) is 5.11 Å². The Hall–Kier alpha value is -0.940. The van der Waals surface area contributed by atoms with Crippen LogP contribution in [0.25, 0.3) is 0 Å². The number of halogens is 2. The Morgan fingerprint density at radius 3 is 2.44 bits per heavy atom. The number of hydrogen-bond acceptors (Lipinski definition) is 2. The second-order valence-electron chi connectivity index (χ2n) is 4.08. The van der Waals surface area contributed by atoms with Gasteiger partial charge in [-0.05, 0) is 65.4 Å². The van der Waals surface area contributed by atoms with Gasteiger partial charge in [-0.2, -0.15) is 0 Å². The molecule has 0 radical (unpaired) electrons. The molecular formula is C14H13ClINO. The molecule has 2 N–H and O–H groups in total. The molecule has 0 heterocycles. The Balaban J connectivity index is 2.15. The predicted molar refractivity (Wildman–Crippen MR) is 84.3 cm³/mol. The summed E-state index contributed by atoms with van der Waals surface area (Å²) in [5, 5.41) is 13.3. The van der Waals surface area contributed by atoms with Crippen LogP contribution in [-0.2, 0) is 0 Å². The lowest BCUT2D eigenvalue weighted by atomic mass is 10.1. The highest BCUT2D eigenvalue weighted by Crippen LogP contribution is 2.28. The first-order valence-electron chi connectivity index (χ1n) is 5.57. The van der Waals surface area contributed by atoms with E-state index in [9.17, 15) is 5.11 Å². The first kappa shape index (κ1) is 13.5. The van der Waals surface area contributed by atoms with Crippen molar-refractivity contribution < 1.29 is 5.11 Å². The molecule has 0 fully saturated rings. The molecule has 0 saturated heterocycles. The largest absolute Gasteiger partial charge is 0.508 e. The first-order chi connectivity index (χ1) is 8.56. The topological polar surface area (TPSA) is 32.3 Å². The van der Waals surface area contributed by atoms with Crippen LogP contribution < -0.4 is 5.32 Å². The van der Waals surface area contributed by atoms with Gasteiger partial charge in [0.05, 0.1) is 10.7 Å². The number of nitrogens with one attached hydrogen (secondary N) is 1. The van der Waals surface area contributed by atoms with Gasteiger partial charge in [0.25, 0.3) is 0 Å². The average molecular weight is 374 g/mol.